The van der Waals surface area contributed by atoms with Crippen LogP contribution in [0.5, 0.6) is 0 Å². The number of imidazole rings is 2. The SMILES string of the molecule is C=[C]=[Ru+2]([c]1ccccc1)(=[c]1n(C2CCCCC2)ccn1C1CCCCC1)=[c]1n(C2CCCCC2)ccn1C1CCCCC1.[Cl-].[Cl-]. The molecule has 0 amide bonds. The molecule has 4 aliphatic rings. The Balaban J connectivity index is 0.00000200. The van der Waals surface area contributed by atoms with Crippen molar-refractivity contribution in [3.8, 4) is 0 Å². The first-order chi connectivity index (χ1) is 21.3. The summed E-state index contributed by atoms with van der Waals surface area (Å²) >= 11 is -3.32. The largest absolute Gasteiger partial charge is 1.00 e. The zero-order valence-corrected chi connectivity index (χ0v) is 30.5. The second-order valence-electron chi connectivity index (χ2n) is 13.8. The van der Waals surface area contributed by atoms with Crippen LogP contribution in [-0.2, 0) is 13.4 Å². The summed E-state index contributed by atoms with van der Waals surface area (Å²) in [4.78, 5) is 0. The molecular weight excluding hydrogens is 684 g/mol. The summed E-state index contributed by atoms with van der Waals surface area (Å²) in [7, 11) is 0. The molecule has 4 saturated carbocycles. The summed E-state index contributed by atoms with van der Waals surface area (Å²) in [6.07, 6.45) is 36.9. The van der Waals surface area contributed by atoms with E-state index < -0.39 is 13.4 Å². The summed E-state index contributed by atoms with van der Waals surface area (Å²) in [6, 6.07) is 14.1. The molecule has 7 rings (SSSR count). The average Bonchev–Trinajstić information content (AvgIpc) is 3.74. The fourth-order valence-electron chi connectivity index (χ4n) is 8.87. The van der Waals surface area contributed by atoms with Crippen LogP contribution < -0.4 is 29.0 Å². The monoisotopic (exact) mass is 739 g/mol. The molecule has 3 aromatic rings. The Bertz CT molecular complexity index is 1500. The molecule has 249 valence electrons. The molecule has 0 saturated heterocycles. The first-order valence-corrected chi connectivity index (χ1v) is 21.3. The van der Waals surface area contributed by atoms with Crippen LogP contribution in [0.15, 0.2) is 61.7 Å². The van der Waals surface area contributed by atoms with Crippen molar-refractivity contribution in [1.29, 1.82) is 0 Å². The second kappa shape index (κ2) is 16.1. The first kappa shape index (κ1) is 34.8. The molecule has 1 aromatic carbocycles. The van der Waals surface area contributed by atoms with Crippen molar-refractivity contribution < 1.29 is 38.2 Å². The van der Waals surface area contributed by atoms with Gasteiger partial charge in [0.1, 0.15) is 0 Å². The van der Waals surface area contributed by atoms with E-state index in [0.29, 0.717) is 24.2 Å². The van der Waals surface area contributed by atoms with Gasteiger partial charge in [-0.15, -0.1) is 0 Å². The van der Waals surface area contributed by atoms with Crippen LogP contribution >= 0.6 is 0 Å². The van der Waals surface area contributed by atoms with Crippen molar-refractivity contribution in [3.63, 3.8) is 0 Å². The van der Waals surface area contributed by atoms with E-state index in [1.165, 1.54) is 133 Å². The minimum atomic E-state index is -3.32. The Morgan fingerprint density at radius 2 is 0.756 bits per heavy atom. The smallest absolute Gasteiger partial charge is 1.00 e. The molecule has 2 heterocycles. The maximum Gasteiger partial charge on any atom is -1.00 e. The third-order valence-corrected chi connectivity index (χ3v) is 18.3. The van der Waals surface area contributed by atoms with Gasteiger partial charge in [0.15, 0.2) is 0 Å². The molecule has 0 atom stereocenters. The van der Waals surface area contributed by atoms with E-state index in [4.69, 9.17) is 6.58 Å². The van der Waals surface area contributed by atoms with Crippen molar-refractivity contribution in [3.05, 3.63) is 69.7 Å². The number of benzene rings is 1. The minimum Gasteiger partial charge on any atom is -1.00 e. The third kappa shape index (κ3) is 6.76. The summed E-state index contributed by atoms with van der Waals surface area (Å²) < 4.78 is 20.0. The fourth-order valence-corrected chi connectivity index (χ4v) is 16.7. The van der Waals surface area contributed by atoms with Crippen LogP contribution in [0.3, 0.4) is 0 Å². The summed E-state index contributed by atoms with van der Waals surface area (Å²) in [5.41, 5.74) is 0. The van der Waals surface area contributed by atoms with E-state index in [9.17, 15) is 0 Å². The molecule has 0 N–H and O–H groups in total. The van der Waals surface area contributed by atoms with Crippen LogP contribution in [0.2, 0.25) is 0 Å². The Morgan fingerprint density at radius 3 is 1.02 bits per heavy atom. The van der Waals surface area contributed by atoms with Crippen molar-refractivity contribution in [2.45, 2.75) is 153 Å². The van der Waals surface area contributed by atoms with Crippen LogP contribution in [0.4, 0.5) is 0 Å². The number of hydrogen-bond donors (Lipinski definition) is 0. The van der Waals surface area contributed by atoms with E-state index in [-0.39, 0.29) is 24.8 Å². The quantitative estimate of drug-likeness (QED) is 0.356. The van der Waals surface area contributed by atoms with Crippen LogP contribution in [0.1, 0.15) is 153 Å². The maximum atomic E-state index is 4.76. The minimum absolute atomic E-state index is 0. The van der Waals surface area contributed by atoms with Crippen LogP contribution in [-0.4, -0.2) is 22.5 Å². The van der Waals surface area contributed by atoms with Crippen LogP contribution in [0, 0.1) is 8.03 Å². The van der Waals surface area contributed by atoms with Gasteiger partial charge >= 0.3 is 262 Å². The van der Waals surface area contributed by atoms with Crippen molar-refractivity contribution in [2.75, 3.05) is 0 Å². The summed E-state index contributed by atoms with van der Waals surface area (Å²) in [5.74, 6) is 0. The van der Waals surface area contributed by atoms with Crippen LogP contribution in [0.25, 0.3) is 0 Å². The van der Waals surface area contributed by atoms with Gasteiger partial charge in [-0.2, -0.15) is 0 Å². The molecule has 4 aliphatic carbocycles. The van der Waals surface area contributed by atoms with Crippen molar-refractivity contribution in [1.82, 2.24) is 18.3 Å². The zero-order valence-electron chi connectivity index (χ0n) is 27.3. The number of nitrogens with zero attached hydrogens (tertiary/aromatic N) is 4. The molecule has 0 bridgehead atoms. The molecule has 0 radical (unpaired) electrons. The van der Waals surface area contributed by atoms with Crippen molar-refractivity contribution >= 4 is 8.42 Å². The number of halogens is 2. The van der Waals surface area contributed by atoms with Gasteiger partial charge in [0.25, 0.3) is 0 Å². The molecule has 0 unspecified atom stereocenters. The van der Waals surface area contributed by atoms with Gasteiger partial charge in [0, 0.05) is 0 Å². The predicted molar refractivity (Wildman–Crippen MR) is 177 cm³/mol. The topological polar surface area (TPSA) is 19.7 Å². The van der Waals surface area contributed by atoms with Gasteiger partial charge in [-0.05, 0) is 0 Å². The first-order valence-electron chi connectivity index (χ1n) is 17.9. The summed E-state index contributed by atoms with van der Waals surface area (Å²) in [5, 5.41) is 0. The van der Waals surface area contributed by atoms with E-state index in [2.05, 4.69) is 77.7 Å². The standard InChI is InChI=1S/2C15H24N2.C6H5.C2H2.2ClH.Ru/c2*1-3-7-14(8-4-1)16-11-12-17(13-16)15-9-5-2-6-10-15;1-2-4-6-5-3-1;1-2;;;/h2*11-12,14-15H,1-10H2;1-5H;1H2;2*1H;/q;;;;;;+2/p-2. The maximum absolute atomic E-state index is 4.76. The molecule has 2 aromatic heterocycles. The second-order valence-corrected chi connectivity index (χ2v) is 19.6. The number of aromatic nitrogens is 4. The fraction of sp³-hybridized carbons (Fsp3) is 0.632. The predicted octanol–water partition coefficient (Wildman–Crippen LogP) is 3.75. The molecule has 0 spiro atoms. The Morgan fingerprint density at radius 1 is 0.467 bits per heavy atom. The molecule has 7 heteroatoms. The molecule has 4 fully saturated rings. The Kier molecular flexibility index (Phi) is 12.4. The van der Waals surface area contributed by atoms with Crippen molar-refractivity contribution in [2.24, 2.45) is 0 Å². The molecule has 4 nitrogen and oxygen atoms in total. The Labute approximate surface area is 285 Å². The number of hydrogen-bond acceptors (Lipinski definition) is 0. The van der Waals surface area contributed by atoms with Gasteiger partial charge in [-0.3, -0.25) is 0 Å². The van der Waals surface area contributed by atoms with Gasteiger partial charge in [-0.25, -0.2) is 0 Å². The van der Waals surface area contributed by atoms with E-state index in [1.807, 2.05) is 0 Å². The van der Waals surface area contributed by atoms with Gasteiger partial charge in [0.05, 0.1) is 0 Å². The summed E-state index contributed by atoms with van der Waals surface area (Å²) in [6.45, 7) is 4.76. The molecule has 45 heavy (non-hydrogen) atoms. The van der Waals surface area contributed by atoms with Gasteiger partial charge in [-0.1, -0.05) is 0 Å². The molecule has 0 aliphatic heterocycles. The molecular formula is C38H55Cl2N4Ru. The van der Waals surface area contributed by atoms with Gasteiger partial charge < -0.3 is 24.8 Å². The number of rotatable bonds is 5. The van der Waals surface area contributed by atoms with E-state index in [1.54, 1.807) is 8.03 Å². The van der Waals surface area contributed by atoms with Gasteiger partial charge in [0.2, 0.25) is 0 Å². The average molecular weight is 740 g/mol. The van der Waals surface area contributed by atoms with E-state index >= 15 is 0 Å². The third-order valence-electron chi connectivity index (χ3n) is 11.2. The normalized spacial score (nSPS) is 21.1. The Hall–Kier alpha value is -1.51. The zero-order chi connectivity index (χ0) is 29.1. The van der Waals surface area contributed by atoms with E-state index in [0.717, 1.165) is 0 Å².